The van der Waals surface area contributed by atoms with E-state index >= 15 is 0 Å². The van der Waals surface area contributed by atoms with Gasteiger partial charge in [0.15, 0.2) is 0 Å². The summed E-state index contributed by atoms with van der Waals surface area (Å²) in [5.74, 6) is 0.235. The van der Waals surface area contributed by atoms with Gasteiger partial charge in [0.05, 0.1) is 30.2 Å². The molecular formula is C25H30N4O4S. The van der Waals surface area contributed by atoms with E-state index in [1.54, 1.807) is 52.3 Å². The molecule has 180 valence electrons. The van der Waals surface area contributed by atoms with Crippen LogP contribution in [0.3, 0.4) is 0 Å². The maximum Gasteiger partial charge on any atom is 0.268 e. The summed E-state index contributed by atoms with van der Waals surface area (Å²) >= 11 is 0. The number of aromatic nitrogens is 2. The molecule has 1 amide bonds. The summed E-state index contributed by atoms with van der Waals surface area (Å²) in [6.07, 6.45) is 2.77. The Morgan fingerprint density at radius 3 is 2.53 bits per heavy atom. The number of benzene rings is 2. The van der Waals surface area contributed by atoms with Gasteiger partial charge in [-0.25, -0.2) is 8.42 Å². The van der Waals surface area contributed by atoms with E-state index in [0.717, 1.165) is 29.1 Å². The van der Waals surface area contributed by atoms with E-state index in [9.17, 15) is 13.2 Å². The van der Waals surface area contributed by atoms with Gasteiger partial charge in [-0.2, -0.15) is 5.10 Å². The summed E-state index contributed by atoms with van der Waals surface area (Å²) in [6, 6.07) is 14.6. The average molecular weight is 483 g/mol. The molecule has 0 aliphatic heterocycles. The highest BCUT2D eigenvalue weighted by atomic mass is 32.2. The number of amides is 1. The summed E-state index contributed by atoms with van der Waals surface area (Å²) < 4.78 is 35.6. The van der Waals surface area contributed by atoms with Crippen molar-refractivity contribution in [2.24, 2.45) is 7.05 Å². The number of hydrogen-bond acceptors (Lipinski definition) is 5. The molecule has 1 N–H and O–H groups in total. The van der Waals surface area contributed by atoms with Gasteiger partial charge < -0.3 is 10.1 Å². The number of nitrogens with one attached hydrogen (secondary N) is 1. The molecule has 0 saturated heterocycles. The first-order chi connectivity index (χ1) is 16.2. The minimum atomic E-state index is -4.06. The third-order valence-corrected chi connectivity index (χ3v) is 8.37. The second kappa shape index (κ2) is 9.50. The van der Waals surface area contributed by atoms with Crippen molar-refractivity contribution in [3.63, 3.8) is 0 Å². The number of methoxy groups -OCH3 is 1. The SMILES string of the molecule is COc1ccc(N(CC(=O)NC2CCCc3ccccc32)S(=O)(=O)c2c(C)nn(C)c2C)cc1. The number of rotatable bonds is 7. The number of fused-ring (bicyclic) bond motifs is 1. The number of carbonyl (C=O) groups is 1. The minimum absolute atomic E-state index is 0.113. The summed E-state index contributed by atoms with van der Waals surface area (Å²) in [5.41, 5.74) is 3.60. The Hall–Kier alpha value is -3.33. The van der Waals surface area contributed by atoms with E-state index < -0.39 is 10.0 Å². The predicted octanol–water partition coefficient (Wildman–Crippen LogP) is 3.43. The standard InChI is InChI=1S/C25H30N4O4S/c1-17-25(18(2)28(3)27-17)34(31,32)29(20-12-14-21(33-4)15-13-20)16-24(30)26-23-11-7-9-19-8-5-6-10-22(19)23/h5-6,8,10,12-15,23H,7,9,11,16H2,1-4H3,(H,26,30). The van der Waals surface area contributed by atoms with Gasteiger partial charge in [0, 0.05) is 7.05 Å². The zero-order valence-corrected chi connectivity index (χ0v) is 20.7. The summed E-state index contributed by atoms with van der Waals surface area (Å²) in [5, 5.41) is 7.33. The van der Waals surface area contributed by atoms with E-state index in [-0.39, 0.29) is 23.4 Å². The van der Waals surface area contributed by atoms with Crippen LogP contribution in [0.4, 0.5) is 5.69 Å². The predicted molar refractivity (Wildman–Crippen MR) is 130 cm³/mol. The number of anilines is 1. The van der Waals surface area contributed by atoms with Crippen molar-refractivity contribution in [3.8, 4) is 5.75 Å². The fraction of sp³-hybridized carbons (Fsp3) is 0.360. The molecule has 0 fully saturated rings. The van der Waals surface area contributed by atoms with Crippen LogP contribution in [-0.4, -0.2) is 37.8 Å². The highest BCUT2D eigenvalue weighted by Crippen LogP contribution is 2.31. The zero-order chi connectivity index (χ0) is 24.5. The van der Waals surface area contributed by atoms with Crippen molar-refractivity contribution in [2.75, 3.05) is 18.0 Å². The number of hydrogen-bond donors (Lipinski definition) is 1. The van der Waals surface area contributed by atoms with Crippen molar-refractivity contribution >= 4 is 21.6 Å². The van der Waals surface area contributed by atoms with Gasteiger partial charge >= 0.3 is 0 Å². The average Bonchev–Trinajstić information content (AvgIpc) is 3.09. The lowest BCUT2D eigenvalue weighted by molar-refractivity contribution is -0.120. The molecule has 1 heterocycles. The van der Waals surface area contributed by atoms with Crippen molar-refractivity contribution in [2.45, 2.75) is 44.0 Å². The number of aryl methyl sites for hydroxylation is 3. The first kappa shape index (κ1) is 23.8. The lowest BCUT2D eigenvalue weighted by Crippen LogP contribution is -2.42. The molecule has 4 rings (SSSR count). The molecule has 1 aliphatic rings. The lowest BCUT2D eigenvalue weighted by Gasteiger charge is -2.29. The van der Waals surface area contributed by atoms with Crippen molar-refractivity contribution in [1.29, 1.82) is 0 Å². The lowest BCUT2D eigenvalue weighted by atomic mass is 9.88. The first-order valence-electron chi connectivity index (χ1n) is 11.3. The van der Waals surface area contributed by atoms with Crippen LogP contribution in [0.15, 0.2) is 53.4 Å². The Labute approximate surface area is 200 Å². The van der Waals surface area contributed by atoms with Gasteiger partial charge in [-0.1, -0.05) is 24.3 Å². The Morgan fingerprint density at radius 1 is 1.18 bits per heavy atom. The van der Waals surface area contributed by atoms with Crippen molar-refractivity contribution in [3.05, 3.63) is 71.0 Å². The monoisotopic (exact) mass is 482 g/mol. The van der Waals surface area contributed by atoms with Crippen LogP contribution < -0.4 is 14.4 Å². The fourth-order valence-corrected chi connectivity index (χ4v) is 6.40. The summed E-state index contributed by atoms with van der Waals surface area (Å²) in [7, 11) is -0.819. The van der Waals surface area contributed by atoms with E-state index in [1.807, 2.05) is 18.2 Å². The number of carbonyl (C=O) groups excluding carboxylic acids is 1. The molecule has 3 aromatic rings. The molecule has 0 radical (unpaired) electrons. The summed E-state index contributed by atoms with van der Waals surface area (Å²) in [6.45, 7) is 3.02. The van der Waals surface area contributed by atoms with Crippen LogP contribution in [0.1, 0.15) is 41.4 Å². The molecule has 9 heteroatoms. The van der Waals surface area contributed by atoms with Gasteiger partial charge in [0.1, 0.15) is 17.2 Å². The van der Waals surface area contributed by atoms with Crippen LogP contribution in [0.2, 0.25) is 0 Å². The van der Waals surface area contributed by atoms with Crippen LogP contribution >= 0.6 is 0 Å². The fourth-order valence-electron chi connectivity index (χ4n) is 4.58. The zero-order valence-electron chi connectivity index (χ0n) is 19.9. The van der Waals surface area contributed by atoms with E-state index in [1.165, 1.54) is 10.2 Å². The van der Waals surface area contributed by atoms with Crippen LogP contribution in [0, 0.1) is 13.8 Å². The third-order valence-electron chi connectivity index (χ3n) is 6.34. The topological polar surface area (TPSA) is 93.5 Å². The number of ether oxygens (including phenoxy) is 1. The molecule has 0 bridgehead atoms. The molecule has 1 aliphatic carbocycles. The Bertz CT molecular complexity index is 1300. The normalized spacial score (nSPS) is 15.5. The largest absolute Gasteiger partial charge is 0.497 e. The first-order valence-corrected chi connectivity index (χ1v) is 12.7. The Morgan fingerprint density at radius 2 is 1.88 bits per heavy atom. The highest BCUT2D eigenvalue weighted by molar-refractivity contribution is 7.93. The Kier molecular flexibility index (Phi) is 6.65. The molecule has 1 atom stereocenters. The molecule has 34 heavy (non-hydrogen) atoms. The maximum atomic E-state index is 13.8. The van der Waals surface area contributed by atoms with E-state index in [2.05, 4.69) is 16.5 Å². The van der Waals surface area contributed by atoms with Crippen molar-refractivity contribution in [1.82, 2.24) is 15.1 Å². The quantitative estimate of drug-likeness (QED) is 0.557. The minimum Gasteiger partial charge on any atom is -0.497 e. The molecule has 1 aromatic heterocycles. The highest BCUT2D eigenvalue weighted by Gasteiger charge is 2.33. The van der Waals surface area contributed by atoms with Crippen molar-refractivity contribution < 1.29 is 17.9 Å². The number of nitrogens with zero attached hydrogens (tertiary/aromatic N) is 3. The van der Waals surface area contributed by atoms with Crippen LogP contribution in [0.25, 0.3) is 0 Å². The van der Waals surface area contributed by atoms with Gasteiger partial charge in [-0.15, -0.1) is 0 Å². The third kappa shape index (κ3) is 4.52. The van der Waals surface area contributed by atoms with E-state index in [4.69, 9.17) is 4.74 Å². The van der Waals surface area contributed by atoms with Gasteiger partial charge in [0.25, 0.3) is 10.0 Å². The Balaban J connectivity index is 1.67. The molecular weight excluding hydrogens is 452 g/mol. The van der Waals surface area contributed by atoms with Gasteiger partial charge in [-0.3, -0.25) is 13.8 Å². The molecule has 2 aromatic carbocycles. The van der Waals surface area contributed by atoms with Gasteiger partial charge in [-0.05, 0) is 68.5 Å². The summed E-state index contributed by atoms with van der Waals surface area (Å²) in [4.78, 5) is 13.3. The van der Waals surface area contributed by atoms with Gasteiger partial charge in [0.2, 0.25) is 5.91 Å². The molecule has 1 unspecified atom stereocenters. The van der Waals surface area contributed by atoms with Crippen LogP contribution in [0.5, 0.6) is 5.75 Å². The second-order valence-corrected chi connectivity index (χ2v) is 10.3. The molecule has 8 nitrogen and oxygen atoms in total. The smallest absolute Gasteiger partial charge is 0.268 e. The molecule has 0 saturated carbocycles. The van der Waals surface area contributed by atoms with E-state index in [0.29, 0.717) is 22.8 Å². The maximum absolute atomic E-state index is 13.8. The molecule has 0 spiro atoms. The number of sulfonamides is 1. The van der Waals surface area contributed by atoms with Crippen LogP contribution in [-0.2, 0) is 28.3 Å². The second-order valence-electron chi connectivity index (χ2n) is 8.54.